The summed E-state index contributed by atoms with van der Waals surface area (Å²) in [6.45, 7) is 7.18. The molecular formula is C30H30N4O5S. The molecule has 1 unspecified atom stereocenters. The van der Waals surface area contributed by atoms with Gasteiger partial charge < -0.3 is 9.84 Å². The van der Waals surface area contributed by atoms with Gasteiger partial charge in [0, 0.05) is 17.5 Å². The molecule has 0 saturated heterocycles. The lowest BCUT2D eigenvalue weighted by molar-refractivity contribution is 0.0573. The van der Waals surface area contributed by atoms with Gasteiger partial charge in [-0.3, -0.25) is 14.3 Å². The van der Waals surface area contributed by atoms with E-state index in [0.717, 1.165) is 16.8 Å². The molecule has 4 aromatic rings. The van der Waals surface area contributed by atoms with Crippen molar-refractivity contribution >= 4 is 9.84 Å². The SMILES string of the molecule is CCC(c1cccc(C#N)c1)n1c(COC(C)C)nc(O)c(S(=O)(=O)c2ccc(-c3cccnc3C)cc2)c1=O. The zero-order chi connectivity index (χ0) is 29.0. The Bertz CT molecular complexity index is 1740. The Balaban J connectivity index is 1.88. The van der Waals surface area contributed by atoms with Gasteiger partial charge in [0.25, 0.3) is 5.56 Å². The normalized spacial score (nSPS) is 12.3. The molecule has 4 rings (SSSR count). The summed E-state index contributed by atoms with van der Waals surface area (Å²) in [5.74, 6) is -0.817. The molecule has 0 saturated carbocycles. The number of pyridine rings is 1. The van der Waals surface area contributed by atoms with Crippen molar-refractivity contribution in [3.63, 3.8) is 0 Å². The largest absolute Gasteiger partial charge is 0.492 e. The first-order valence-corrected chi connectivity index (χ1v) is 14.3. The van der Waals surface area contributed by atoms with Crippen molar-refractivity contribution in [2.45, 2.75) is 62.7 Å². The molecule has 2 aromatic heterocycles. The van der Waals surface area contributed by atoms with E-state index in [2.05, 4.69) is 16.0 Å². The van der Waals surface area contributed by atoms with Crippen LogP contribution < -0.4 is 5.56 Å². The maximum Gasteiger partial charge on any atom is 0.277 e. The van der Waals surface area contributed by atoms with Gasteiger partial charge in [-0.25, -0.2) is 8.42 Å². The van der Waals surface area contributed by atoms with E-state index in [4.69, 9.17) is 4.74 Å². The molecule has 10 heteroatoms. The number of benzene rings is 2. The number of sulfone groups is 1. The molecule has 0 spiro atoms. The van der Waals surface area contributed by atoms with Crippen LogP contribution in [0.4, 0.5) is 0 Å². The lowest BCUT2D eigenvalue weighted by Crippen LogP contribution is -2.34. The van der Waals surface area contributed by atoms with E-state index in [-0.39, 0.29) is 23.4 Å². The van der Waals surface area contributed by atoms with Crippen LogP contribution in [0, 0.1) is 18.3 Å². The predicted octanol–water partition coefficient (Wildman–Crippen LogP) is 4.95. The number of rotatable bonds is 9. The van der Waals surface area contributed by atoms with Gasteiger partial charge >= 0.3 is 0 Å². The summed E-state index contributed by atoms with van der Waals surface area (Å²) in [7, 11) is -4.47. The highest BCUT2D eigenvalue weighted by molar-refractivity contribution is 7.91. The summed E-state index contributed by atoms with van der Waals surface area (Å²) in [4.78, 5) is 21.4. The first-order chi connectivity index (χ1) is 19.1. The minimum absolute atomic E-state index is 0.0757. The topological polar surface area (TPSA) is 135 Å². The minimum atomic E-state index is -4.47. The number of nitriles is 1. The standard InChI is InChI=1S/C30H30N4O5S/c1-5-26(23-9-6-8-21(16-23)17-31)34-27(18-39-19(2)3)33-29(35)28(30(34)36)40(37,38)24-13-11-22(12-14-24)25-10-7-15-32-20(25)4/h6-16,19,26,35H,5,18H2,1-4H3. The third kappa shape index (κ3) is 5.66. The molecule has 206 valence electrons. The summed E-state index contributed by atoms with van der Waals surface area (Å²) in [6, 6.07) is 17.9. The average Bonchev–Trinajstić information content (AvgIpc) is 2.94. The Morgan fingerprint density at radius 2 is 1.82 bits per heavy atom. The van der Waals surface area contributed by atoms with Crippen molar-refractivity contribution < 1.29 is 18.3 Å². The number of aromatic hydroxyl groups is 1. The van der Waals surface area contributed by atoms with E-state index in [9.17, 15) is 23.6 Å². The Morgan fingerprint density at radius 3 is 2.45 bits per heavy atom. The zero-order valence-electron chi connectivity index (χ0n) is 22.7. The average molecular weight is 559 g/mol. The Kier molecular flexibility index (Phi) is 8.47. The highest BCUT2D eigenvalue weighted by Gasteiger charge is 2.32. The lowest BCUT2D eigenvalue weighted by atomic mass is 10.0. The Morgan fingerprint density at radius 1 is 1.10 bits per heavy atom. The van der Waals surface area contributed by atoms with Crippen molar-refractivity contribution in [3.8, 4) is 23.1 Å². The molecular weight excluding hydrogens is 528 g/mol. The summed E-state index contributed by atoms with van der Waals surface area (Å²) in [5, 5.41) is 20.2. The van der Waals surface area contributed by atoms with Crippen LogP contribution in [0.25, 0.3) is 11.1 Å². The fraction of sp³-hybridized carbons (Fsp3) is 0.267. The molecule has 0 aliphatic rings. The fourth-order valence-corrected chi connectivity index (χ4v) is 5.90. The monoisotopic (exact) mass is 558 g/mol. The van der Waals surface area contributed by atoms with Gasteiger partial charge in [0.1, 0.15) is 12.4 Å². The van der Waals surface area contributed by atoms with E-state index >= 15 is 0 Å². The van der Waals surface area contributed by atoms with Crippen molar-refractivity contribution in [2.24, 2.45) is 0 Å². The number of ether oxygens (including phenoxy) is 1. The number of nitrogens with zero attached hydrogens (tertiary/aromatic N) is 4. The molecule has 1 N–H and O–H groups in total. The number of hydrogen-bond donors (Lipinski definition) is 1. The quantitative estimate of drug-likeness (QED) is 0.305. The highest BCUT2D eigenvalue weighted by atomic mass is 32.2. The van der Waals surface area contributed by atoms with Crippen molar-refractivity contribution in [1.29, 1.82) is 5.26 Å². The van der Waals surface area contributed by atoms with Gasteiger partial charge in [0.2, 0.25) is 15.7 Å². The summed E-state index contributed by atoms with van der Waals surface area (Å²) >= 11 is 0. The number of aryl methyl sites for hydroxylation is 1. The van der Waals surface area contributed by atoms with Gasteiger partial charge in [-0.05, 0) is 68.7 Å². The first-order valence-electron chi connectivity index (χ1n) is 12.8. The molecule has 0 bridgehead atoms. The van der Waals surface area contributed by atoms with Crippen LogP contribution in [0.1, 0.15) is 55.9 Å². The summed E-state index contributed by atoms with van der Waals surface area (Å²) in [6.07, 6.45) is 1.85. The van der Waals surface area contributed by atoms with Crippen LogP contribution in [0.15, 0.2) is 81.4 Å². The molecule has 0 amide bonds. The van der Waals surface area contributed by atoms with E-state index < -0.39 is 32.2 Å². The summed E-state index contributed by atoms with van der Waals surface area (Å²) < 4.78 is 34.5. The third-order valence-corrected chi connectivity index (χ3v) is 8.31. The first kappa shape index (κ1) is 28.7. The number of aromatic nitrogens is 3. The van der Waals surface area contributed by atoms with Crippen molar-refractivity contribution in [2.75, 3.05) is 0 Å². The molecule has 40 heavy (non-hydrogen) atoms. The number of hydrogen-bond acceptors (Lipinski definition) is 8. The van der Waals surface area contributed by atoms with E-state index in [0.29, 0.717) is 17.5 Å². The molecule has 0 aliphatic carbocycles. The fourth-order valence-electron chi connectivity index (χ4n) is 4.55. The van der Waals surface area contributed by atoms with Crippen LogP contribution in [-0.4, -0.2) is 34.2 Å². The van der Waals surface area contributed by atoms with Gasteiger partial charge in [-0.1, -0.05) is 37.3 Å². The summed E-state index contributed by atoms with van der Waals surface area (Å²) in [5.41, 5.74) is 2.49. The van der Waals surface area contributed by atoms with Gasteiger partial charge in [-0.2, -0.15) is 10.2 Å². The zero-order valence-corrected chi connectivity index (χ0v) is 23.5. The smallest absolute Gasteiger partial charge is 0.277 e. The van der Waals surface area contributed by atoms with Crippen LogP contribution in [-0.2, 0) is 21.2 Å². The third-order valence-electron chi connectivity index (χ3n) is 6.53. The van der Waals surface area contributed by atoms with E-state index in [1.54, 1.807) is 48.7 Å². The molecule has 0 aliphatic heterocycles. The Labute approximate surface area is 233 Å². The van der Waals surface area contributed by atoms with Crippen LogP contribution in [0.3, 0.4) is 0 Å². The predicted molar refractivity (Wildman–Crippen MR) is 150 cm³/mol. The highest BCUT2D eigenvalue weighted by Crippen LogP contribution is 2.30. The second-order valence-corrected chi connectivity index (χ2v) is 11.4. The van der Waals surface area contributed by atoms with E-state index in [1.165, 1.54) is 16.7 Å². The maximum atomic E-state index is 14.0. The van der Waals surface area contributed by atoms with Crippen molar-refractivity contribution in [3.05, 3.63) is 99.9 Å². The molecule has 1 atom stereocenters. The van der Waals surface area contributed by atoms with E-state index in [1.807, 2.05) is 33.8 Å². The lowest BCUT2D eigenvalue weighted by Gasteiger charge is -2.24. The Hall–Kier alpha value is -4.33. The van der Waals surface area contributed by atoms with Crippen LogP contribution >= 0.6 is 0 Å². The molecule has 9 nitrogen and oxygen atoms in total. The molecule has 0 fully saturated rings. The molecule has 2 heterocycles. The molecule has 2 aromatic carbocycles. The molecule has 0 radical (unpaired) electrons. The second kappa shape index (κ2) is 11.8. The van der Waals surface area contributed by atoms with Crippen LogP contribution in [0.2, 0.25) is 0 Å². The van der Waals surface area contributed by atoms with Gasteiger partial charge in [0.15, 0.2) is 4.90 Å². The second-order valence-electron chi connectivity index (χ2n) is 9.54. The van der Waals surface area contributed by atoms with Crippen molar-refractivity contribution in [1.82, 2.24) is 14.5 Å². The minimum Gasteiger partial charge on any atom is -0.492 e. The van der Waals surface area contributed by atoms with Crippen LogP contribution in [0.5, 0.6) is 5.88 Å². The maximum absolute atomic E-state index is 14.0. The van der Waals surface area contributed by atoms with Gasteiger partial charge in [0.05, 0.1) is 28.7 Å². The van der Waals surface area contributed by atoms with Gasteiger partial charge in [-0.15, -0.1) is 0 Å².